The number of aliphatic carboxylic acids is 1. The molecule has 6 nitrogen and oxygen atoms in total. The maximum atomic E-state index is 11.8. The number of carbonyl (C=O) groups excluding carboxylic acids is 1. The van der Waals surface area contributed by atoms with E-state index in [0.29, 0.717) is 12.8 Å². The fraction of sp³-hybridized carbons (Fsp3) is 0.818. The summed E-state index contributed by atoms with van der Waals surface area (Å²) in [4.78, 5) is 22.9. The van der Waals surface area contributed by atoms with Crippen molar-refractivity contribution in [1.29, 1.82) is 0 Å². The molecule has 0 unspecified atom stereocenters. The van der Waals surface area contributed by atoms with Gasteiger partial charge in [-0.1, -0.05) is 12.8 Å². The van der Waals surface area contributed by atoms with Gasteiger partial charge in [-0.15, -0.1) is 0 Å². The van der Waals surface area contributed by atoms with E-state index in [1.165, 1.54) is 0 Å². The zero-order valence-electron chi connectivity index (χ0n) is 10.4. The van der Waals surface area contributed by atoms with Crippen LogP contribution in [-0.4, -0.2) is 44.0 Å². The fourth-order valence-electron chi connectivity index (χ4n) is 2.23. The van der Waals surface area contributed by atoms with Crippen molar-refractivity contribution >= 4 is 21.7 Å². The van der Waals surface area contributed by atoms with Gasteiger partial charge in [-0.25, -0.2) is 8.42 Å². The summed E-state index contributed by atoms with van der Waals surface area (Å²) < 4.78 is 21.8. The van der Waals surface area contributed by atoms with Crippen molar-refractivity contribution in [1.82, 2.24) is 5.32 Å². The number of rotatable bonds is 5. The fourth-order valence-corrected chi connectivity index (χ4v) is 2.70. The van der Waals surface area contributed by atoms with Crippen LogP contribution >= 0.6 is 0 Å². The number of sulfone groups is 1. The molecule has 1 aliphatic carbocycles. The van der Waals surface area contributed by atoms with E-state index in [1.54, 1.807) is 0 Å². The van der Waals surface area contributed by atoms with Crippen LogP contribution in [0.5, 0.6) is 0 Å². The number of carboxylic acids is 1. The monoisotopic (exact) mass is 277 g/mol. The zero-order chi connectivity index (χ0) is 13.8. The van der Waals surface area contributed by atoms with Gasteiger partial charge >= 0.3 is 5.97 Å². The van der Waals surface area contributed by atoms with Crippen LogP contribution in [0.15, 0.2) is 0 Å². The lowest BCUT2D eigenvalue weighted by Crippen LogP contribution is -2.41. The molecule has 1 amide bonds. The summed E-state index contributed by atoms with van der Waals surface area (Å²) in [5, 5.41) is 11.5. The van der Waals surface area contributed by atoms with Crippen molar-refractivity contribution in [3.8, 4) is 0 Å². The Balaban J connectivity index is 2.51. The van der Waals surface area contributed by atoms with E-state index in [4.69, 9.17) is 5.11 Å². The topological polar surface area (TPSA) is 101 Å². The van der Waals surface area contributed by atoms with Gasteiger partial charge in [0.25, 0.3) is 0 Å². The molecule has 7 heteroatoms. The molecule has 0 aromatic rings. The number of carbonyl (C=O) groups is 2. The molecule has 1 rings (SSSR count). The Morgan fingerprint density at radius 1 is 1.22 bits per heavy atom. The van der Waals surface area contributed by atoms with Crippen molar-refractivity contribution in [2.45, 2.75) is 25.7 Å². The summed E-state index contributed by atoms with van der Waals surface area (Å²) >= 11 is 0. The molecule has 0 aromatic carbocycles. The Hall–Kier alpha value is -1.11. The number of hydrogen-bond acceptors (Lipinski definition) is 4. The largest absolute Gasteiger partial charge is 0.481 e. The Morgan fingerprint density at radius 2 is 1.78 bits per heavy atom. The predicted octanol–water partition coefficient (Wildman–Crippen LogP) is 0.0382. The Morgan fingerprint density at radius 3 is 2.28 bits per heavy atom. The minimum atomic E-state index is -3.11. The van der Waals surface area contributed by atoms with Gasteiger partial charge in [-0.2, -0.15) is 0 Å². The van der Waals surface area contributed by atoms with Crippen LogP contribution in [0.2, 0.25) is 0 Å². The lowest BCUT2D eigenvalue weighted by Gasteiger charge is -2.27. The van der Waals surface area contributed by atoms with E-state index in [1.807, 2.05) is 0 Å². The molecule has 0 heterocycles. The van der Waals surface area contributed by atoms with Gasteiger partial charge in [0.2, 0.25) is 5.91 Å². The molecule has 1 fully saturated rings. The molecule has 0 saturated heterocycles. The Kier molecular flexibility index (Phi) is 5.13. The van der Waals surface area contributed by atoms with Gasteiger partial charge in [-0.05, 0) is 12.8 Å². The van der Waals surface area contributed by atoms with E-state index in [0.717, 1.165) is 19.1 Å². The van der Waals surface area contributed by atoms with Crippen LogP contribution in [0.25, 0.3) is 0 Å². The van der Waals surface area contributed by atoms with Crippen LogP contribution < -0.4 is 5.32 Å². The molecule has 0 aromatic heterocycles. The number of amides is 1. The summed E-state index contributed by atoms with van der Waals surface area (Å²) in [6.45, 7) is 0.0422. The first-order chi connectivity index (χ1) is 8.31. The number of nitrogens with one attached hydrogen (secondary N) is 1. The van der Waals surface area contributed by atoms with E-state index in [2.05, 4.69) is 5.32 Å². The van der Waals surface area contributed by atoms with Crippen LogP contribution in [0.1, 0.15) is 25.7 Å². The first-order valence-corrected chi connectivity index (χ1v) is 8.05. The number of hydrogen-bond donors (Lipinski definition) is 2. The third-order valence-corrected chi connectivity index (χ3v) is 4.14. The summed E-state index contributed by atoms with van der Waals surface area (Å²) in [7, 11) is -3.11. The highest BCUT2D eigenvalue weighted by Gasteiger charge is 2.35. The van der Waals surface area contributed by atoms with Crippen molar-refractivity contribution < 1.29 is 23.1 Å². The van der Waals surface area contributed by atoms with E-state index in [-0.39, 0.29) is 18.2 Å². The normalized spacial score (nSPS) is 24.5. The molecule has 104 valence electrons. The van der Waals surface area contributed by atoms with Gasteiger partial charge in [0.15, 0.2) is 0 Å². The molecule has 18 heavy (non-hydrogen) atoms. The second-order valence-electron chi connectivity index (χ2n) is 4.76. The maximum Gasteiger partial charge on any atom is 0.307 e. The minimum Gasteiger partial charge on any atom is -0.481 e. The lowest BCUT2D eigenvalue weighted by molar-refractivity contribution is -0.148. The van der Waals surface area contributed by atoms with Gasteiger partial charge in [0.05, 0.1) is 17.6 Å². The second kappa shape index (κ2) is 6.17. The lowest BCUT2D eigenvalue weighted by atomic mass is 9.79. The molecule has 1 saturated carbocycles. The molecule has 0 aliphatic heterocycles. The van der Waals surface area contributed by atoms with Crippen molar-refractivity contribution in [3.05, 3.63) is 0 Å². The van der Waals surface area contributed by atoms with Crippen LogP contribution in [-0.2, 0) is 19.4 Å². The molecule has 1 aliphatic rings. The number of carboxylic acid groups (broad SMARTS) is 1. The highest BCUT2D eigenvalue weighted by Crippen LogP contribution is 2.30. The van der Waals surface area contributed by atoms with Gasteiger partial charge in [-0.3, -0.25) is 9.59 Å². The van der Waals surface area contributed by atoms with Gasteiger partial charge in [0, 0.05) is 12.8 Å². The average Bonchev–Trinajstić information content (AvgIpc) is 2.27. The quantitative estimate of drug-likeness (QED) is 0.739. The Labute approximate surface area is 107 Å². The summed E-state index contributed by atoms with van der Waals surface area (Å²) in [6, 6.07) is 0. The standard InChI is InChI=1S/C11H19NO5S/c1-18(16,17)7-6-12-10(13)8-4-2-3-5-9(8)11(14)15/h8-9H,2-7H2,1H3,(H,12,13)(H,14,15)/t8-,9+/m1/s1. The first-order valence-electron chi connectivity index (χ1n) is 5.99. The molecule has 2 N–H and O–H groups in total. The smallest absolute Gasteiger partial charge is 0.307 e. The maximum absolute atomic E-state index is 11.8. The molecule has 0 spiro atoms. The summed E-state index contributed by atoms with van der Waals surface area (Å²) in [6.07, 6.45) is 3.83. The third kappa shape index (κ3) is 4.64. The van der Waals surface area contributed by atoms with E-state index in [9.17, 15) is 18.0 Å². The SMILES string of the molecule is CS(=O)(=O)CCNC(=O)[C@@H]1CCCC[C@@H]1C(=O)O. The highest BCUT2D eigenvalue weighted by atomic mass is 32.2. The van der Waals surface area contributed by atoms with Crippen LogP contribution in [0.3, 0.4) is 0 Å². The predicted molar refractivity (Wildman–Crippen MR) is 65.8 cm³/mol. The van der Waals surface area contributed by atoms with Crippen molar-refractivity contribution in [3.63, 3.8) is 0 Å². The van der Waals surface area contributed by atoms with Crippen LogP contribution in [0, 0.1) is 11.8 Å². The van der Waals surface area contributed by atoms with Gasteiger partial charge in [0.1, 0.15) is 9.84 Å². The average molecular weight is 277 g/mol. The van der Waals surface area contributed by atoms with Crippen molar-refractivity contribution in [2.75, 3.05) is 18.6 Å². The summed E-state index contributed by atoms with van der Waals surface area (Å²) in [5.74, 6) is -2.58. The minimum absolute atomic E-state index is 0.0422. The third-order valence-electron chi connectivity index (χ3n) is 3.19. The molecule has 0 bridgehead atoms. The molecular formula is C11H19NO5S. The Bertz CT molecular complexity index is 417. The van der Waals surface area contributed by atoms with Crippen LogP contribution in [0.4, 0.5) is 0 Å². The zero-order valence-corrected chi connectivity index (χ0v) is 11.2. The van der Waals surface area contributed by atoms with E-state index >= 15 is 0 Å². The first kappa shape index (κ1) is 14.9. The second-order valence-corrected chi connectivity index (χ2v) is 7.02. The molecule has 0 radical (unpaired) electrons. The summed E-state index contributed by atoms with van der Waals surface area (Å²) in [5.41, 5.74) is 0. The van der Waals surface area contributed by atoms with E-state index < -0.39 is 27.6 Å². The van der Waals surface area contributed by atoms with Crippen molar-refractivity contribution in [2.24, 2.45) is 11.8 Å². The molecular weight excluding hydrogens is 258 g/mol. The highest BCUT2D eigenvalue weighted by molar-refractivity contribution is 7.90. The van der Waals surface area contributed by atoms with Gasteiger partial charge < -0.3 is 10.4 Å². The molecule has 2 atom stereocenters.